The average molecular weight is 481 g/mol. The zero-order chi connectivity index (χ0) is 24.9. The number of anilines is 1. The van der Waals surface area contributed by atoms with Crippen molar-refractivity contribution in [3.63, 3.8) is 0 Å². The second-order valence-corrected chi connectivity index (χ2v) is 9.68. The molecule has 3 aliphatic rings. The molecular weight excluding hydrogens is 432 g/mol. The average Bonchev–Trinajstić information content (AvgIpc) is 3.48. The summed E-state index contributed by atoms with van der Waals surface area (Å²) in [4.78, 5) is 14.2. The number of aliphatic imine (C=N–C) groups is 2. The molecule has 1 aromatic rings. The van der Waals surface area contributed by atoms with Gasteiger partial charge in [0.1, 0.15) is 11.7 Å². The molecule has 0 amide bonds. The molecule has 2 saturated heterocycles. The van der Waals surface area contributed by atoms with Crippen molar-refractivity contribution < 1.29 is 0 Å². The van der Waals surface area contributed by atoms with Gasteiger partial charge >= 0.3 is 0 Å². The van der Waals surface area contributed by atoms with Gasteiger partial charge in [-0.25, -0.2) is 4.99 Å². The highest BCUT2D eigenvalue weighted by molar-refractivity contribution is 6.29. The minimum atomic E-state index is 0.284. The van der Waals surface area contributed by atoms with E-state index in [4.69, 9.17) is 10.7 Å². The van der Waals surface area contributed by atoms with Crippen LogP contribution >= 0.6 is 0 Å². The van der Waals surface area contributed by atoms with E-state index in [9.17, 15) is 0 Å². The zero-order valence-electron chi connectivity index (χ0n) is 22.4. The molecule has 1 aliphatic carbocycles. The number of allylic oxidation sites excluding steroid dienone is 1. The van der Waals surface area contributed by atoms with E-state index in [-0.39, 0.29) is 6.67 Å². The van der Waals surface area contributed by atoms with Crippen LogP contribution in [0.15, 0.2) is 46.1 Å². The van der Waals surface area contributed by atoms with Gasteiger partial charge in [-0.15, -0.1) is 0 Å². The molecule has 0 aromatic heterocycles. The van der Waals surface area contributed by atoms with Crippen LogP contribution in [-0.4, -0.2) is 60.7 Å². The molecule has 1 aromatic carbocycles. The maximum atomic E-state index is 5.60. The first-order chi connectivity index (χ1) is 17.3. The van der Waals surface area contributed by atoms with Crippen LogP contribution in [0, 0.1) is 0 Å². The van der Waals surface area contributed by atoms with E-state index in [1.165, 1.54) is 76.4 Å². The molecule has 194 valence electrons. The van der Waals surface area contributed by atoms with Crippen molar-refractivity contribution in [2.24, 2.45) is 15.7 Å². The lowest BCUT2D eigenvalue weighted by Gasteiger charge is -2.36. The Morgan fingerprint density at radius 2 is 1.60 bits per heavy atom. The van der Waals surface area contributed by atoms with E-state index in [0.717, 1.165) is 36.5 Å². The number of nitrogens with one attached hydrogen (secondary N) is 1. The number of hydrogen-bond acceptors (Lipinski definition) is 5. The molecule has 0 spiro atoms. The lowest BCUT2D eigenvalue weighted by Crippen LogP contribution is -2.39. The number of piperidine rings is 2. The van der Waals surface area contributed by atoms with E-state index in [1.807, 2.05) is 33.1 Å². The summed E-state index contributed by atoms with van der Waals surface area (Å²) in [5, 5.41) is 3.49. The molecule has 2 heterocycles. The Morgan fingerprint density at radius 3 is 2.20 bits per heavy atom. The van der Waals surface area contributed by atoms with E-state index >= 15 is 0 Å². The van der Waals surface area contributed by atoms with Crippen LogP contribution in [-0.2, 0) is 0 Å². The summed E-state index contributed by atoms with van der Waals surface area (Å²) in [5.41, 5.74) is 8.15. The fourth-order valence-electron chi connectivity index (χ4n) is 5.58. The standard InChI is InChI=1S/C27H42N6.C2H6/c1-2-26(31-27(20-29-21-28)33-16-6-3-7-17-33)30-24-12-10-22(11-13-24)23-14-18-32(19-15-23)25-8-4-5-9-25;1-2/h2,10-13,20,23,25,30H,3-9,14-19,21,28H2,1H3;1-2H3/b26-2+,29-20-,31-27+;. The number of likely N-dealkylation sites (tertiary alicyclic amines) is 2. The Morgan fingerprint density at radius 1 is 0.943 bits per heavy atom. The molecule has 0 unspecified atom stereocenters. The van der Waals surface area contributed by atoms with Crippen molar-refractivity contribution in [3.8, 4) is 0 Å². The predicted octanol–water partition coefficient (Wildman–Crippen LogP) is 5.98. The van der Waals surface area contributed by atoms with Crippen LogP contribution in [0.1, 0.15) is 90.0 Å². The molecule has 6 heteroatoms. The molecule has 35 heavy (non-hydrogen) atoms. The van der Waals surface area contributed by atoms with Crippen LogP contribution in [0.2, 0.25) is 0 Å². The van der Waals surface area contributed by atoms with E-state index in [0.29, 0.717) is 5.92 Å². The van der Waals surface area contributed by atoms with Crippen molar-refractivity contribution in [1.29, 1.82) is 0 Å². The molecule has 3 fully saturated rings. The Hall–Kier alpha value is -2.18. The first-order valence-electron chi connectivity index (χ1n) is 14.1. The van der Waals surface area contributed by atoms with Gasteiger partial charge in [0, 0.05) is 24.8 Å². The second kappa shape index (κ2) is 15.0. The molecule has 0 atom stereocenters. The Balaban J connectivity index is 0.00000167. The lowest BCUT2D eigenvalue weighted by atomic mass is 9.88. The topological polar surface area (TPSA) is 69.2 Å². The van der Waals surface area contributed by atoms with Gasteiger partial charge in [0.25, 0.3) is 0 Å². The summed E-state index contributed by atoms with van der Waals surface area (Å²) >= 11 is 0. The summed E-state index contributed by atoms with van der Waals surface area (Å²) in [5.74, 6) is 2.43. The van der Waals surface area contributed by atoms with Gasteiger partial charge in [-0.3, -0.25) is 4.99 Å². The Kier molecular flexibility index (Phi) is 11.8. The fourth-order valence-corrected chi connectivity index (χ4v) is 5.58. The molecular formula is C29H48N6. The summed E-state index contributed by atoms with van der Waals surface area (Å²) in [6, 6.07) is 9.87. The van der Waals surface area contributed by atoms with Gasteiger partial charge < -0.3 is 20.9 Å². The first-order valence-corrected chi connectivity index (χ1v) is 14.1. The van der Waals surface area contributed by atoms with Crippen LogP contribution < -0.4 is 11.1 Å². The minimum Gasteiger partial charge on any atom is -0.355 e. The molecule has 2 aliphatic heterocycles. The van der Waals surface area contributed by atoms with Gasteiger partial charge in [0.15, 0.2) is 0 Å². The van der Waals surface area contributed by atoms with Gasteiger partial charge in [-0.1, -0.05) is 38.8 Å². The molecule has 6 nitrogen and oxygen atoms in total. The maximum absolute atomic E-state index is 5.60. The molecule has 0 bridgehead atoms. The minimum absolute atomic E-state index is 0.284. The van der Waals surface area contributed by atoms with Crippen LogP contribution in [0.25, 0.3) is 0 Å². The number of benzene rings is 1. The fraction of sp³-hybridized carbons (Fsp3) is 0.655. The highest BCUT2D eigenvalue weighted by atomic mass is 15.2. The quantitative estimate of drug-likeness (QED) is 0.372. The summed E-state index contributed by atoms with van der Waals surface area (Å²) in [7, 11) is 0. The normalized spacial score (nSPS) is 21.3. The largest absolute Gasteiger partial charge is 0.355 e. The SMILES string of the molecule is C/C=C(/N=C(\C=N/CN)N1CCCCC1)Nc1ccc(C2CCN(C3CCCC3)CC2)cc1.CC. The maximum Gasteiger partial charge on any atom is 0.149 e. The van der Waals surface area contributed by atoms with Crippen LogP contribution in [0.5, 0.6) is 0 Å². The highest BCUT2D eigenvalue weighted by Gasteiger charge is 2.27. The predicted molar refractivity (Wildman–Crippen MR) is 151 cm³/mol. The van der Waals surface area contributed by atoms with Gasteiger partial charge in [0.2, 0.25) is 0 Å². The summed E-state index contributed by atoms with van der Waals surface area (Å²) in [6.45, 7) is 10.9. The number of nitrogens with zero attached hydrogens (tertiary/aromatic N) is 4. The Labute approximate surface area is 213 Å². The number of hydrogen-bond donors (Lipinski definition) is 2. The lowest BCUT2D eigenvalue weighted by molar-refractivity contribution is 0.154. The number of rotatable bonds is 7. The molecule has 3 N–H and O–H groups in total. The summed E-state index contributed by atoms with van der Waals surface area (Å²) < 4.78 is 0. The monoisotopic (exact) mass is 480 g/mol. The molecule has 0 radical (unpaired) electrons. The third kappa shape index (κ3) is 8.18. The van der Waals surface area contributed by atoms with Gasteiger partial charge in [-0.05, 0) is 94.6 Å². The van der Waals surface area contributed by atoms with Crippen molar-refractivity contribution >= 4 is 17.7 Å². The Bertz CT molecular complexity index is 808. The van der Waals surface area contributed by atoms with Crippen molar-refractivity contribution in [2.45, 2.75) is 90.5 Å². The van der Waals surface area contributed by atoms with Crippen LogP contribution in [0.3, 0.4) is 0 Å². The number of amidine groups is 1. The third-order valence-corrected chi connectivity index (χ3v) is 7.53. The van der Waals surface area contributed by atoms with Gasteiger partial charge in [0.05, 0.1) is 12.9 Å². The van der Waals surface area contributed by atoms with Gasteiger partial charge in [-0.2, -0.15) is 0 Å². The highest BCUT2D eigenvalue weighted by Crippen LogP contribution is 2.33. The second-order valence-electron chi connectivity index (χ2n) is 9.68. The third-order valence-electron chi connectivity index (χ3n) is 7.53. The van der Waals surface area contributed by atoms with E-state index in [1.54, 1.807) is 0 Å². The molecule has 4 rings (SSSR count). The van der Waals surface area contributed by atoms with Crippen molar-refractivity contribution in [1.82, 2.24) is 9.80 Å². The zero-order valence-corrected chi connectivity index (χ0v) is 22.4. The van der Waals surface area contributed by atoms with E-state index in [2.05, 4.69) is 44.4 Å². The van der Waals surface area contributed by atoms with Crippen molar-refractivity contribution in [2.75, 3.05) is 38.2 Å². The molecule has 1 saturated carbocycles. The van der Waals surface area contributed by atoms with Crippen LogP contribution in [0.4, 0.5) is 5.69 Å². The smallest absolute Gasteiger partial charge is 0.149 e. The van der Waals surface area contributed by atoms with E-state index < -0.39 is 0 Å². The first kappa shape index (κ1) is 27.4. The summed E-state index contributed by atoms with van der Waals surface area (Å²) in [6.07, 6.45) is 15.8. The van der Waals surface area contributed by atoms with Crippen molar-refractivity contribution in [3.05, 3.63) is 41.7 Å². The number of nitrogens with two attached hydrogens (primary N) is 1.